The summed E-state index contributed by atoms with van der Waals surface area (Å²) in [6.45, 7) is 1.96. The van der Waals surface area contributed by atoms with Crippen molar-refractivity contribution in [1.29, 1.82) is 0 Å². The average Bonchev–Trinajstić information content (AvgIpc) is 3.23. The van der Waals surface area contributed by atoms with Gasteiger partial charge in [0.15, 0.2) is 5.82 Å². The van der Waals surface area contributed by atoms with Gasteiger partial charge in [-0.2, -0.15) is 0 Å². The number of nitrogens with one attached hydrogen (secondary N) is 1. The molecule has 2 aliphatic rings. The van der Waals surface area contributed by atoms with Crippen molar-refractivity contribution >= 4 is 23.5 Å². The van der Waals surface area contributed by atoms with Gasteiger partial charge < -0.3 is 10.2 Å². The second-order valence-electron chi connectivity index (χ2n) is 8.16. The van der Waals surface area contributed by atoms with E-state index in [4.69, 9.17) is 11.6 Å². The summed E-state index contributed by atoms with van der Waals surface area (Å²) in [7, 11) is 1.62. The fourth-order valence-electron chi connectivity index (χ4n) is 4.46. The number of hydrogen-bond donors (Lipinski definition) is 1. The minimum Gasteiger partial charge on any atom is -0.355 e. The van der Waals surface area contributed by atoms with Crippen LogP contribution in [0.2, 0.25) is 5.02 Å². The van der Waals surface area contributed by atoms with Crippen molar-refractivity contribution in [1.82, 2.24) is 24.4 Å². The standard InChI is InChI=1S/C22H20ClFN6O2/c1-29-20(31)6-19(13-3-5-26-9-18(13)24)28-22(29)27-7-14-15-10-30(11-16(14)15)21(32)12-2-4-25-8-17(12)23/h2-6,8-9,14-16H,7,10-11H2,1H3,(H,27,28). The van der Waals surface area contributed by atoms with Gasteiger partial charge in [0.2, 0.25) is 5.95 Å². The van der Waals surface area contributed by atoms with Gasteiger partial charge in [-0.05, 0) is 29.9 Å². The van der Waals surface area contributed by atoms with Crippen LogP contribution in [0, 0.1) is 23.6 Å². The lowest BCUT2D eigenvalue weighted by Gasteiger charge is -2.21. The lowest BCUT2D eigenvalue weighted by Crippen LogP contribution is -2.33. The lowest BCUT2D eigenvalue weighted by atomic mass is 10.2. The molecule has 164 valence electrons. The van der Waals surface area contributed by atoms with Crippen LogP contribution in [0.5, 0.6) is 0 Å². The van der Waals surface area contributed by atoms with Crippen LogP contribution < -0.4 is 10.9 Å². The molecule has 1 saturated carbocycles. The number of carbonyl (C=O) groups is 1. The molecule has 0 radical (unpaired) electrons. The van der Waals surface area contributed by atoms with Crippen LogP contribution in [0.15, 0.2) is 47.8 Å². The minimum absolute atomic E-state index is 0.0764. The predicted molar refractivity (Wildman–Crippen MR) is 117 cm³/mol. The third kappa shape index (κ3) is 3.62. The van der Waals surface area contributed by atoms with E-state index < -0.39 is 5.82 Å². The van der Waals surface area contributed by atoms with Gasteiger partial charge >= 0.3 is 0 Å². The molecule has 1 saturated heterocycles. The monoisotopic (exact) mass is 454 g/mol. The highest BCUT2D eigenvalue weighted by atomic mass is 35.5. The number of aromatic nitrogens is 4. The molecule has 2 fully saturated rings. The number of pyridine rings is 2. The van der Waals surface area contributed by atoms with Crippen LogP contribution in [-0.4, -0.2) is 50.0 Å². The van der Waals surface area contributed by atoms with Crippen molar-refractivity contribution in [2.75, 3.05) is 25.0 Å². The number of rotatable bonds is 5. The molecule has 5 rings (SSSR count). The highest BCUT2D eigenvalue weighted by molar-refractivity contribution is 6.33. The van der Waals surface area contributed by atoms with Gasteiger partial charge in [0.1, 0.15) is 0 Å². The fourth-order valence-corrected chi connectivity index (χ4v) is 4.66. The Morgan fingerprint density at radius 3 is 2.66 bits per heavy atom. The zero-order valence-corrected chi connectivity index (χ0v) is 18.0. The number of carbonyl (C=O) groups excluding carboxylic acids is 1. The van der Waals surface area contributed by atoms with E-state index in [-0.39, 0.29) is 22.7 Å². The molecular formula is C22H20ClFN6O2. The molecule has 0 spiro atoms. The zero-order chi connectivity index (χ0) is 22.4. The summed E-state index contributed by atoms with van der Waals surface area (Å²) in [5.74, 6) is 0.938. The van der Waals surface area contributed by atoms with Crippen LogP contribution in [0.1, 0.15) is 10.4 Å². The Balaban J connectivity index is 1.24. The molecule has 3 aromatic rings. The van der Waals surface area contributed by atoms with Crippen LogP contribution >= 0.6 is 11.6 Å². The van der Waals surface area contributed by atoms with Crippen LogP contribution in [-0.2, 0) is 7.05 Å². The quantitative estimate of drug-likeness (QED) is 0.636. The fraction of sp³-hybridized carbons (Fsp3) is 0.318. The summed E-state index contributed by atoms with van der Waals surface area (Å²) in [6, 6.07) is 4.44. The zero-order valence-electron chi connectivity index (χ0n) is 17.2. The van der Waals surface area contributed by atoms with Gasteiger partial charge in [-0.1, -0.05) is 11.6 Å². The normalized spacial score (nSPS) is 21.3. The summed E-state index contributed by atoms with van der Waals surface area (Å²) >= 11 is 6.10. The highest BCUT2D eigenvalue weighted by Crippen LogP contribution is 2.51. The molecule has 4 heterocycles. The van der Waals surface area contributed by atoms with Crippen molar-refractivity contribution in [2.45, 2.75) is 0 Å². The first-order valence-electron chi connectivity index (χ1n) is 10.2. The van der Waals surface area contributed by atoms with Gasteiger partial charge in [0, 0.05) is 56.9 Å². The molecule has 2 atom stereocenters. The highest BCUT2D eigenvalue weighted by Gasteiger charge is 2.56. The van der Waals surface area contributed by atoms with Crippen molar-refractivity contribution in [3.05, 3.63) is 69.7 Å². The Morgan fingerprint density at radius 2 is 1.94 bits per heavy atom. The van der Waals surface area contributed by atoms with E-state index in [1.165, 1.54) is 29.1 Å². The number of nitrogens with zero attached hydrogens (tertiary/aromatic N) is 5. The van der Waals surface area contributed by atoms with E-state index in [1.807, 2.05) is 4.90 Å². The largest absolute Gasteiger partial charge is 0.355 e. The SMILES string of the molecule is Cn1c(NCC2C3CN(C(=O)c4ccncc4Cl)CC23)nc(-c2ccncc2F)cc1=O. The molecule has 1 amide bonds. The molecule has 1 aliphatic carbocycles. The summed E-state index contributed by atoms with van der Waals surface area (Å²) in [6.07, 6.45) is 5.59. The minimum atomic E-state index is -0.532. The number of hydrogen-bond acceptors (Lipinski definition) is 6. The molecule has 10 heteroatoms. The van der Waals surface area contributed by atoms with Crippen molar-refractivity contribution in [3.63, 3.8) is 0 Å². The first kappa shape index (κ1) is 20.6. The van der Waals surface area contributed by atoms with Crippen molar-refractivity contribution in [2.24, 2.45) is 24.8 Å². The Labute approximate surface area is 188 Å². The lowest BCUT2D eigenvalue weighted by molar-refractivity contribution is 0.0769. The molecule has 0 aromatic carbocycles. The Morgan fingerprint density at radius 1 is 1.22 bits per heavy atom. The molecule has 0 bridgehead atoms. The van der Waals surface area contributed by atoms with E-state index >= 15 is 0 Å². The smallest absolute Gasteiger partial charge is 0.255 e. The number of likely N-dealkylation sites (tertiary alicyclic amines) is 1. The molecule has 1 aliphatic heterocycles. The van der Waals surface area contributed by atoms with Gasteiger partial charge in [-0.25, -0.2) is 9.37 Å². The topological polar surface area (TPSA) is 93.0 Å². The van der Waals surface area contributed by atoms with Gasteiger partial charge in [-0.3, -0.25) is 24.1 Å². The maximum atomic E-state index is 14.1. The van der Waals surface area contributed by atoms with E-state index in [9.17, 15) is 14.0 Å². The molecule has 32 heavy (non-hydrogen) atoms. The van der Waals surface area contributed by atoms with Crippen LogP contribution in [0.4, 0.5) is 10.3 Å². The molecule has 2 unspecified atom stereocenters. The van der Waals surface area contributed by atoms with E-state index in [0.717, 1.165) is 6.20 Å². The average molecular weight is 455 g/mol. The van der Waals surface area contributed by atoms with Crippen LogP contribution in [0.25, 0.3) is 11.3 Å². The van der Waals surface area contributed by atoms with Gasteiger partial charge in [-0.15, -0.1) is 0 Å². The Bertz CT molecular complexity index is 1250. The van der Waals surface area contributed by atoms with Crippen molar-refractivity contribution in [3.8, 4) is 11.3 Å². The van der Waals surface area contributed by atoms with Crippen molar-refractivity contribution < 1.29 is 9.18 Å². The number of anilines is 1. The second-order valence-corrected chi connectivity index (χ2v) is 8.56. The summed E-state index contributed by atoms with van der Waals surface area (Å²) in [4.78, 5) is 39.0. The molecule has 8 nitrogen and oxygen atoms in total. The maximum Gasteiger partial charge on any atom is 0.255 e. The third-order valence-corrected chi connectivity index (χ3v) is 6.64. The summed E-state index contributed by atoms with van der Waals surface area (Å²) < 4.78 is 15.5. The third-order valence-electron chi connectivity index (χ3n) is 6.34. The second kappa shape index (κ2) is 7.98. The number of halogens is 2. The summed E-state index contributed by atoms with van der Waals surface area (Å²) in [5.41, 5.74) is 0.679. The Kier molecular flexibility index (Phi) is 5.13. The van der Waals surface area contributed by atoms with Gasteiger partial charge in [0.05, 0.1) is 22.5 Å². The number of fused-ring (bicyclic) bond motifs is 1. The summed E-state index contributed by atoms with van der Waals surface area (Å²) in [5, 5.41) is 3.60. The van der Waals surface area contributed by atoms with Gasteiger partial charge in [0.25, 0.3) is 11.5 Å². The Hall–Kier alpha value is -3.33. The first-order chi connectivity index (χ1) is 15.4. The van der Waals surface area contributed by atoms with E-state index in [2.05, 4.69) is 20.3 Å². The molecule has 3 aromatic heterocycles. The maximum absolute atomic E-state index is 14.1. The number of amides is 1. The van der Waals surface area contributed by atoms with E-state index in [0.29, 0.717) is 53.9 Å². The van der Waals surface area contributed by atoms with Crippen LogP contribution in [0.3, 0.4) is 0 Å². The molecule has 1 N–H and O–H groups in total. The first-order valence-corrected chi connectivity index (χ1v) is 10.6. The number of piperidine rings is 1. The predicted octanol–water partition coefficient (Wildman–Crippen LogP) is 2.46. The molecular weight excluding hydrogens is 435 g/mol. The van der Waals surface area contributed by atoms with E-state index in [1.54, 1.807) is 19.3 Å².